The molecule has 0 saturated carbocycles. The highest BCUT2D eigenvalue weighted by molar-refractivity contribution is 5.77. The molecular formula is C65H121NO5. The second kappa shape index (κ2) is 58.7. The van der Waals surface area contributed by atoms with Crippen molar-refractivity contribution in [1.29, 1.82) is 0 Å². The number of esters is 1. The number of aliphatic hydroxyl groups is 2. The second-order valence-electron chi connectivity index (χ2n) is 21.5. The van der Waals surface area contributed by atoms with Gasteiger partial charge >= 0.3 is 5.97 Å². The zero-order valence-corrected chi connectivity index (χ0v) is 47.6. The molecule has 3 atom stereocenters. The van der Waals surface area contributed by atoms with Crippen LogP contribution in [0.4, 0.5) is 0 Å². The molecule has 0 fully saturated rings. The van der Waals surface area contributed by atoms with E-state index in [0.717, 1.165) is 77.0 Å². The largest absolute Gasteiger partial charge is 0.462 e. The summed E-state index contributed by atoms with van der Waals surface area (Å²) in [5, 5.41) is 24.0. The lowest BCUT2D eigenvalue weighted by atomic mass is 10.0. The van der Waals surface area contributed by atoms with Crippen molar-refractivity contribution < 1.29 is 24.5 Å². The van der Waals surface area contributed by atoms with E-state index in [9.17, 15) is 19.8 Å². The van der Waals surface area contributed by atoms with Crippen molar-refractivity contribution in [3.63, 3.8) is 0 Å². The van der Waals surface area contributed by atoms with E-state index < -0.39 is 18.2 Å². The van der Waals surface area contributed by atoms with Crippen LogP contribution < -0.4 is 5.32 Å². The van der Waals surface area contributed by atoms with Gasteiger partial charge in [-0.3, -0.25) is 9.59 Å². The molecule has 3 unspecified atom stereocenters. The van der Waals surface area contributed by atoms with E-state index in [0.29, 0.717) is 19.3 Å². The molecule has 0 aromatic carbocycles. The molecule has 71 heavy (non-hydrogen) atoms. The molecule has 0 aliphatic carbocycles. The van der Waals surface area contributed by atoms with Crippen LogP contribution in [-0.2, 0) is 14.3 Å². The maximum Gasteiger partial charge on any atom is 0.306 e. The molecule has 0 aromatic rings. The standard InChI is InChI=1S/C65H121NO5/c1-4-7-10-13-16-19-22-25-28-31-32-34-37-40-43-46-49-52-55-58-65(70)71-61(56-53-50-47-44-41-38-35-30-27-24-21-18-15-12-9-6-3)59-64(69)66-62(60-67)63(68)57-54-51-48-45-42-39-36-33-29-26-23-20-17-14-11-8-5-2/h16,19,25,28,30,35,38,41,61-63,67-68H,4-15,17-18,20-24,26-27,29,31-34,36-37,39-40,42-60H2,1-3H3,(H,66,69)/b19-16-,28-25-,35-30+,41-38+. The summed E-state index contributed by atoms with van der Waals surface area (Å²) >= 11 is 0. The quantitative estimate of drug-likeness (QED) is 0.0244. The summed E-state index contributed by atoms with van der Waals surface area (Å²) in [6.45, 7) is 6.49. The summed E-state index contributed by atoms with van der Waals surface area (Å²) in [4.78, 5) is 26.4. The normalized spacial score (nSPS) is 13.4. The van der Waals surface area contributed by atoms with Gasteiger partial charge in [0.25, 0.3) is 0 Å². The third kappa shape index (κ3) is 53.9. The highest BCUT2D eigenvalue weighted by Gasteiger charge is 2.24. The van der Waals surface area contributed by atoms with Crippen molar-refractivity contribution in [2.45, 2.75) is 347 Å². The van der Waals surface area contributed by atoms with Gasteiger partial charge in [0.05, 0.1) is 25.2 Å². The number of ether oxygens (including phenoxy) is 1. The molecule has 0 aromatic heterocycles. The van der Waals surface area contributed by atoms with Gasteiger partial charge in [-0.1, -0.05) is 281 Å². The smallest absolute Gasteiger partial charge is 0.306 e. The van der Waals surface area contributed by atoms with Crippen molar-refractivity contribution >= 4 is 11.9 Å². The van der Waals surface area contributed by atoms with E-state index in [1.807, 2.05) is 0 Å². The number of unbranched alkanes of at least 4 members (excludes halogenated alkanes) is 38. The Morgan fingerprint density at radius 1 is 0.423 bits per heavy atom. The average molecular weight is 997 g/mol. The minimum absolute atomic E-state index is 0.0599. The highest BCUT2D eigenvalue weighted by atomic mass is 16.5. The molecule has 0 spiro atoms. The van der Waals surface area contributed by atoms with Crippen LogP contribution in [0.3, 0.4) is 0 Å². The van der Waals surface area contributed by atoms with Gasteiger partial charge in [0.15, 0.2) is 0 Å². The number of hydrogen-bond acceptors (Lipinski definition) is 5. The van der Waals surface area contributed by atoms with Crippen LogP contribution in [0.2, 0.25) is 0 Å². The van der Waals surface area contributed by atoms with Crippen molar-refractivity contribution in [3.8, 4) is 0 Å². The summed E-state index contributed by atoms with van der Waals surface area (Å²) in [7, 11) is 0. The summed E-state index contributed by atoms with van der Waals surface area (Å²) < 4.78 is 5.97. The molecule has 0 radical (unpaired) electrons. The lowest BCUT2D eigenvalue weighted by Gasteiger charge is -2.24. The Morgan fingerprint density at radius 3 is 1.20 bits per heavy atom. The van der Waals surface area contributed by atoms with Gasteiger partial charge in [0, 0.05) is 6.42 Å². The van der Waals surface area contributed by atoms with Gasteiger partial charge in [0.1, 0.15) is 6.10 Å². The molecule has 0 bridgehead atoms. The molecule has 0 heterocycles. The van der Waals surface area contributed by atoms with E-state index in [-0.39, 0.29) is 24.9 Å². The van der Waals surface area contributed by atoms with Gasteiger partial charge in [-0.15, -0.1) is 0 Å². The van der Waals surface area contributed by atoms with Crippen molar-refractivity contribution in [2.75, 3.05) is 6.61 Å². The van der Waals surface area contributed by atoms with Crippen LogP contribution in [-0.4, -0.2) is 46.9 Å². The molecule has 3 N–H and O–H groups in total. The Balaban J connectivity index is 4.55. The predicted octanol–water partition coefficient (Wildman–Crippen LogP) is 19.7. The molecule has 416 valence electrons. The van der Waals surface area contributed by atoms with Crippen molar-refractivity contribution in [1.82, 2.24) is 5.32 Å². The Hall–Kier alpha value is -2.18. The molecule has 0 saturated heterocycles. The molecular weight excluding hydrogens is 875 g/mol. The average Bonchev–Trinajstić information content (AvgIpc) is 3.36. The Morgan fingerprint density at radius 2 is 0.761 bits per heavy atom. The van der Waals surface area contributed by atoms with E-state index in [4.69, 9.17) is 4.74 Å². The number of amides is 1. The number of aliphatic hydroxyl groups excluding tert-OH is 2. The number of rotatable bonds is 57. The first kappa shape index (κ1) is 68.8. The summed E-state index contributed by atoms with van der Waals surface area (Å²) in [6.07, 6.45) is 73.3. The monoisotopic (exact) mass is 996 g/mol. The van der Waals surface area contributed by atoms with Gasteiger partial charge in [-0.2, -0.15) is 0 Å². The predicted molar refractivity (Wildman–Crippen MR) is 310 cm³/mol. The Labute approximate surface area is 442 Å². The van der Waals surface area contributed by atoms with E-state index in [1.165, 1.54) is 205 Å². The molecule has 6 nitrogen and oxygen atoms in total. The van der Waals surface area contributed by atoms with Gasteiger partial charge < -0.3 is 20.3 Å². The maximum absolute atomic E-state index is 13.3. The molecule has 1 amide bonds. The highest BCUT2D eigenvalue weighted by Crippen LogP contribution is 2.19. The van der Waals surface area contributed by atoms with Gasteiger partial charge in [-0.05, 0) is 83.5 Å². The summed E-state index contributed by atoms with van der Waals surface area (Å²) in [6, 6.07) is -0.712. The van der Waals surface area contributed by atoms with Gasteiger partial charge in [0.2, 0.25) is 5.91 Å². The number of hydrogen-bond donors (Lipinski definition) is 3. The summed E-state index contributed by atoms with van der Waals surface area (Å²) in [5.41, 5.74) is 0. The fourth-order valence-corrected chi connectivity index (χ4v) is 9.63. The third-order valence-corrected chi connectivity index (χ3v) is 14.4. The lowest BCUT2D eigenvalue weighted by molar-refractivity contribution is -0.151. The minimum Gasteiger partial charge on any atom is -0.462 e. The lowest BCUT2D eigenvalue weighted by Crippen LogP contribution is -2.46. The Bertz CT molecular complexity index is 1210. The van der Waals surface area contributed by atoms with E-state index >= 15 is 0 Å². The SMILES string of the molecule is CCCCC/C=C\C/C=C\CCCCCCCCCCCC(=O)OC(CCCCC/C=C/C=C/CCCCCCCCC)CC(=O)NC(CO)C(O)CCCCCCCCCCCCCCCCCCC. The van der Waals surface area contributed by atoms with Crippen LogP contribution in [0.5, 0.6) is 0 Å². The number of carbonyl (C=O) groups excluding carboxylic acids is 2. The van der Waals surface area contributed by atoms with Crippen molar-refractivity contribution in [2.24, 2.45) is 0 Å². The van der Waals surface area contributed by atoms with Crippen molar-refractivity contribution in [3.05, 3.63) is 48.6 Å². The van der Waals surface area contributed by atoms with E-state index in [2.05, 4.69) is 74.7 Å². The fourth-order valence-electron chi connectivity index (χ4n) is 9.63. The van der Waals surface area contributed by atoms with Crippen LogP contribution in [0.25, 0.3) is 0 Å². The second-order valence-corrected chi connectivity index (χ2v) is 21.5. The Kier molecular flexibility index (Phi) is 56.9. The maximum atomic E-state index is 13.3. The molecule has 0 aliphatic heterocycles. The zero-order valence-electron chi connectivity index (χ0n) is 47.6. The third-order valence-electron chi connectivity index (χ3n) is 14.4. The number of allylic oxidation sites excluding steroid dienone is 8. The first-order chi connectivity index (χ1) is 35.0. The molecule has 6 heteroatoms. The van der Waals surface area contributed by atoms with Crippen LogP contribution in [0.15, 0.2) is 48.6 Å². The van der Waals surface area contributed by atoms with Crippen LogP contribution in [0.1, 0.15) is 329 Å². The van der Waals surface area contributed by atoms with E-state index in [1.54, 1.807) is 0 Å². The summed E-state index contributed by atoms with van der Waals surface area (Å²) in [5.74, 6) is -0.490. The van der Waals surface area contributed by atoms with Crippen LogP contribution >= 0.6 is 0 Å². The topological polar surface area (TPSA) is 95.9 Å². The minimum atomic E-state index is -0.797. The van der Waals surface area contributed by atoms with Crippen LogP contribution in [0, 0.1) is 0 Å². The number of carbonyl (C=O) groups is 2. The first-order valence-corrected chi connectivity index (χ1v) is 31.4. The zero-order chi connectivity index (χ0) is 51.6. The number of nitrogens with one attached hydrogen (secondary N) is 1. The fraction of sp³-hybridized carbons (Fsp3) is 0.846. The first-order valence-electron chi connectivity index (χ1n) is 31.4. The molecule has 0 rings (SSSR count). The van der Waals surface area contributed by atoms with Gasteiger partial charge in [-0.25, -0.2) is 0 Å². The molecule has 0 aliphatic rings.